The third kappa shape index (κ3) is 2.62. The van der Waals surface area contributed by atoms with Crippen LogP contribution in [-0.2, 0) is 0 Å². The maximum atomic E-state index is 11.4. The maximum absolute atomic E-state index is 11.4. The highest BCUT2D eigenvalue weighted by Crippen LogP contribution is 2.28. The summed E-state index contributed by atoms with van der Waals surface area (Å²) in [6.07, 6.45) is 5.23. The van der Waals surface area contributed by atoms with E-state index in [-0.39, 0.29) is 5.69 Å². The fraction of sp³-hybridized carbons (Fsp3) is 0.615. The lowest BCUT2D eigenvalue weighted by molar-refractivity contribution is 0.293. The molecule has 2 aromatic heterocycles. The average Bonchev–Trinajstić information content (AvgIpc) is 2.78. The molecule has 2 unspecified atom stereocenters. The molecule has 2 heterocycles. The minimum absolute atomic E-state index is 0.301. The molecule has 0 saturated heterocycles. The minimum atomic E-state index is -0.301. The number of aromatic nitrogens is 4. The van der Waals surface area contributed by atoms with Crippen molar-refractivity contribution in [2.45, 2.75) is 32.6 Å². The summed E-state index contributed by atoms with van der Waals surface area (Å²) < 4.78 is 1.28. The minimum Gasteiger partial charge on any atom is -0.368 e. The number of nitrogens with zero attached hydrogens (tertiary/aromatic N) is 3. The van der Waals surface area contributed by atoms with Gasteiger partial charge in [-0.3, -0.25) is 0 Å². The first kappa shape index (κ1) is 12.2. The fourth-order valence-electron chi connectivity index (χ4n) is 2.89. The van der Waals surface area contributed by atoms with Crippen LogP contribution in [0, 0.1) is 11.8 Å². The first-order valence-corrected chi connectivity index (χ1v) is 6.90. The number of hydrogen-bond acceptors (Lipinski definition) is 4. The molecule has 6 heteroatoms. The van der Waals surface area contributed by atoms with Crippen LogP contribution in [0.25, 0.3) is 5.65 Å². The third-order valence-corrected chi connectivity index (χ3v) is 3.89. The first-order valence-electron chi connectivity index (χ1n) is 6.90. The smallest absolute Gasteiger partial charge is 0.364 e. The van der Waals surface area contributed by atoms with Gasteiger partial charge in [0.1, 0.15) is 5.82 Å². The van der Waals surface area contributed by atoms with Crippen LogP contribution in [0.2, 0.25) is 0 Å². The normalized spacial score (nSPS) is 23.6. The highest BCUT2D eigenvalue weighted by Gasteiger charge is 2.18. The Morgan fingerprint density at radius 1 is 1.47 bits per heavy atom. The quantitative estimate of drug-likeness (QED) is 0.881. The molecule has 0 amide bonds. The van der Waals surface area contributed by atoms with Gasteiger partial charge in [-0.1, -0.05) is 19.8 Å². The predicted octanol–water partition coefficient (Wildman–Crippen LogP) is 1.66. The zero-order valence-electron chi connectivity index (χ0n) is 11.1. The second-order valence-corrected chi connectivity index (χ2v) is 5.54. The van der Waals surface area contributed by atoms with Crippen LogP contribution in [0.1, 0.15) is 32.6 Å². The van der Waals surface area contributed by atoms with Gasteiger partial charge in [-0.15, -0.1) is 5.10 Å². The summed E-state index contributed by atoms with van der Waals surface area (Å²) >= 11 is 0. The van der Waals surface area contributed by atoms with Crippen LogP contribution in [0.5, 0.6) is 0 Å². The van der Waals surface area contributed by atoms with E-state index in [1.54, 1.807) is 6.07 Å². The molecule has 2 N–H and O–H groups in total. The van der Waals surface area contributed by atoms with E-state index >= 15 is 0 Å². The van der Waals surface area contributed by atoms with Crippen molar-refractivity contribution in [2.75, 3.05) is 11.9 Å². The molecule has 0 bridgehead atoms. The Morgan fingerprint density at radius 3 is 3.21 bits per heavy atom. The Balaban J connectivity index is 1.67. The molecule has 0 aliphatic heterocycles. The third-order valence-electron chi connectivity index (χ3n) is 3.89. The summed E-state index contributed by atoms with van der Waals surface area (Å²) in [5.74, 6) is 2.27. The lowest BCUT2D eigenvalue weighted by Crippen LogP contribution is -2.22. The van der Waals surface area contributed by atoms with Gasteiger partial charge < -0.3 is 5.32 Å². The highest BCUT2D eigenvalue weighted by molar-refractivity contribution is 5.42. The zero-order chi connectivity index (χ0) is 13.2. The summed E-state index contributed by atoms with van der Waals surface area (Å²) in [4.78, 5) is 11.4. The van der Waals surface area contributed by atoms with Crippen molar-refractivity contribution < 1.29 is 0 Å². The van der Waals surface area contributed by atoms with Crippen molar-refractivity contribution in [2.24, 2.45) is 11.8 Å². The lowest BCUT2D eigenvalue weighted by atomic mass is 9.82. The van der Waals surface area contributed by atoms with Crippen LogP contribution in [0.15, 0.2) is 16.9 Å². The molecule has 19 heavy (non-hydrogen) atoms. The van der Waals surface area contributed by atoms with Crippen molar-refractivity contribution in [1.29, 1.82) is 0 Å². The molecular formula is C13H19N5O. The second kappa shape index (κ2) is 5.03. The molecule has 1 aliphatic rings. The fourth-order valence-corrected chi connectivity index (χ4v) is 2.89. The SMILES string of the molecule is CC1CCCC(CNc2ccc3n[nH]c(=O)n3n2)C1. The number of nitrogens with one attached hydrogen (secondary N) is 2. The van der Waals surface area contributed by atoms with E-state index < -0.39 is 0 Å². The van der Waals surface area contributed by atoms with E-state index in [0.717, 1.165) is 18.3 Å². The Hall–Kier alpha value is -1.85. The Bertz CT molecular complexity index is 617. The zero-order valence-corrected chi connectivity index (χ0v) is 11.1. The van der Waals surface area contributed by atoms with Gasteiger partial charge in [-0.2, -0.15) is 9.61 Å². The monoisotopic (exact) mass is 261 g/mol. The van der Waals surface area contributed by atoms with Gasteiger partial charge in [0, 0.05) is 6.54 Å². The first-order chi connectivity index (χ1) is 9.22. The molecule has 1 saturated carbocycles. The lowest BCUT2D eigenvalue weighted by Gasteiger charge is -2.26. The maximum Gasteiger partial charge on any atom is 0.364 e. The van der Waals surface area contributed by atoms with Gasteiger partial charge in [0.25, 0.3) is 0 Å². The van der Waals surface area contributed by atoms with Gasteiger partial charge in [0.2, 0.25) is 0 Å². The van der Waals surface area contributed by atoms with Crippen LogP contribution in [-0.4, -0.2) is 26.4 Å². The van der Waals surface area contributed by atoms with Crippen molar-refractivity contribution in [1.82, 2.24) is 19.8 Å². The summed E-state index contributed by atoms with van der Waals surface area (Å²) in [5, 5.41) is 13.8. The van der Waals surface area contributed by atoms with E-state index in [2.05, 4.69) is 27.5 Å². The summed E-state index contributed by atoms with van der Waals surface area (Å²) in [6.45, 7) is 3.25. The molecule has 0 radical (unpaired) electrons. The summed E-state index contributed by atoms with van der Waals surface area (Å²) in [7, 11) is 0. The van der Waals surface area contributed by atoms with Crippen LogP contribution in [0.4, 0.5) is 5.82 Å². The molecule has 1 aliphatic carbocycles. The molecule has 3 rings (SSSR count). The van der Waals surface area contributed by atoms with Crippen LogP contribution >= 0.6 is 0 Å². The molecule has 2 atom stereocenters. The Kier molecular flexibility index (Phi) is 3.23. The highest BCUT2D eigenvalue weighted by atomic mass is 16.2. The molecular weight excluding hydrogens is 242 g/mol. The van der Waals surface area contributed by atoms with E-state index in [9.17, 15) is 4.79 Å². The van der Waals surface area contributed by atoms with Crippen LogP contribution < -0.4 is 11.0 Å². The second-order valence-electron chi connectivity index (χ2n) is 5.54. The number of anilines is 1. The van der Waals surface area contributed by atoms with Gasteiger partial charge in [0.05, 0.1) is 0 Å². The van der Waals surface area contributed by atoms with Crippen molar-refractivity contribution in [3.05, 3.63) is 22.6 Å². The number of H-pyrrole nitrogens is 1. The van der Waals surface area contributed by atoms with Gasteiger partial charge >= 0.3 is 5.69 Å². The van der Waals surface area contributed by atoms with E-state index in [1.807, 2.05) is 6.07 Å². The molecule has 1 fully saturated rings. The number of hydrogen-bond donors (Lipinski definition) is 2. The summed E-state index contributed by atoms with van der Waals surface area (Å²) in [6, 6.07) is 3.65. The van der Waals surface area contributed by atoms with Gasteiger partial charge in [-0.05, 0) is 36.8 Å². The van der Waals surface area contributed by atoms with Crippen molar-refractivity contribution in [3.63, 3.8) is 0 Å². The molecule has 0 aromatic carbocycles. The molecule has 102 valence electrons. The Labute approximate surface area is 111 Å². The van der Waals surface area contributed by atoms with Crippen molar-refractivity contribution in [3.8, 4) is 0 Å². The van der Waals surface area contributed by atoms with Crippen LogP contribution in [0.3, 0.4) is 0 Å². The Morgan fingerprint density at radius 2 is 2.37 bits per heavy atom. The molecule has 6 nitrogen and oxygen atoms in total. The van der Waals surface area contributed by atoms with Gasteiger partial charge in [0.15, 0.2) is 5.65 Å². The average molecular weight is 261 g/mol. The number of fused-ring (bicyclic) bond motifs is 1. The number of rotatable bonds is 3. The van der Waals surface area contributed by atoms with Gasteiger partial charge in [-0.25, -0.2) is 9.89 Å². The largest absolute Gasteiger partial charge is 0.368 e. The van der Waals surface area contributed by atoms with E-state index in [0.29, 0.717) is 11.6 Å². The van der Waals surface area contributed by atoms with Crippen molar-refractivity contribution >= 4 is 11.5 Å². The molecule has 0 spiro atoms. The number of aromatic amines is 1. The molecule has 2 aromatic rings. The standard InChI is InChI=1S/C13H19N5O/c1-9-3-2-4-10(7-9)8-14-11-5-6-12-15-16-13(19)18(12)17-11/h5-6,9-10H,2-4,7-8H2,1H3,(H,14,17)(H,16,19). The topological polar surface area (TPSA) is 75.1 Å². The summed E-state index contributed by atoms with van der Waals surface area (Å²) in [5.41, 5.74) is 0.242. The van der Waals surface area contributed by atoms with E-state index in [4.69, 9.17) is 0 Å². The van der Waals surface area contributed by atoms with E-state index in [1.165, 1.54) is 30.2 Å². The predicted molar refractivity (Wildman–Crippen MR) is 73.2 cm³/mol.